The average molecular weight is 344 g/mol. The molecule has 0 aromatic carbocycles. The number of carbonyl (C=O) groups is 1. The fourth-order valence-corrected chi connectivity index (χ4v) is 2.59. The number of nitrogen functional groups attached to an aromatic ring is 1. The van der Waals surface area contributed by atoms with Crippen LogP contribution in [0.5, 0.6) is 0 Å². The highest BCUT2D eigenvalue weighted by molar-refractivity contribution is 6.59. The van der Waals surface area contributed by atoms with Gasteiger partial charge in [-0.1, -0.05) is 29.8 Å². The Balaban J connectivity index is 1.76. The van der Waals surface area contributed by atoms with E-state index in [-0.39, 0.29) is 23.0 Å². The number of oxime groups is 1. The first-order valence-electron chi connectivity index (χ1n) is 7.51. The lowest BCUT2D eigenvalue weighted by atomic mass is 9.95. The molecule has 0 amide bonds. The van der Waals surface area contributed by atoms with Gasteiger partial charge in [-0.15, -0.1) is 5.16 Å². The van der Waals surface area contributed by atoms with Gasteiger partial charge in [0.1, 0.15) is 14.5 Å². The van der Waals surface area contributed by atoms with Crippen molar-refractivity contribution in [2.45, 2.75) is 25.4 Å². The number of ether oxygens (including phenoxy) is 1. The van der Waals surface area contributed by atoms with Gasteiger partial charge in [0.15, 0.2) is 11.8 Å². The van der Waals surface area contributed by atoms with E-state index in [0.717, 1.165) is 18.4 Å². The third-order valence-corrected chi connectivity index (χ3v) is 4.06. The Kier molecular flexibility index (Phi) is 4.90. The van der Waals surface area contributed by atoms with Crippen LogP contribution in [-0.4, -0.2) is 31.0 Å². The molecule has 1 atom stereocenters. The van der Waals surface area contributed by atoms with Crippen LogP contribution in [0.15, 0.2) is 35.0 Å². The number of carbonyl (C=O) groups excluding carboxylic acids is 1. The van der Waals surface area contributed by atoms with Gasteiger partial charge in [-0.2, -0.15) is 0 Å². The number of hydrogen-bond donors (Lipinski definition) is 1. The van der Waals surface area contributed by atoms with Gasteiger partial charge in [0.25, 0.3) is 0 Å². The van der Waals surface area contributed by atoms with E-state index < -0.39 is 12.1 Å². The molecule has 3 rings (SSSR count). The zero-order chi connectivity index (χ0) is 17.1. The molecule has 2 aliphatic rings. The second-order valence-electron chi connectivity index (χ2n) is 5.51. The molecule has 0 saturated heterocycles. The fraction of sp³-hybridized carbons (Fsp3) is 0.312. The molecule has 122 valence electrons. The zero-order valence-corrected chi connectivity index (χ0v) is 13.6. The smallest absolute Gasteiger partial charge is 0.358 e. The Morgan fingerprint density at radius 2 is 2.33 bits per heavy atom. The second-order valence-corrected chi connectivity index (χ2v) is 5.89. The van der Waals surface area contributed by atoms with Crippen molar-refractivity contribution < 1.29 is 14.4 Å². The van der Waals surface area contributed by atoms with E-state index in [1.54, 1.807) is 6.07 Å². The number of aromatic nitrogens is 1. The number of nitrogens with two attached hydrogens (primary N) is 1. The SMILES string of the molecule is [B]C1=NOC(c2cc(N)c(Cl)c(C(=O)OCC3=CCCC=C3)n2)C1. The lowest BCUT2D eigenvalue weighted by Crippen LogP contribution is -2.14. The van der Waals surface area contributed by atoms with Gasteiger partial charge in [0.05, 0.1) is 16.4 Å². The summed E-state index contributed by atoms with van der Waals surface area (Å²) in [5.74, 6) is -0.639. The van der Waals surface area contributed by atoms with Crippen molar-refractivity contribution in [3.8, 4) is 0 Å². The van der Waals surface area contributed by atoms with E-state index >= 15 is 0 Å². The molecule has 8 heteroatoms. The fourth-order valence-electron chi connectivity index (χ4n) is 2.42. The highest BCUT2D eigenvalue weighted by atomic mass is 35.5. The third kappa shape index (κ3) is 3.62. The summed E-state index contributed by atoms with van der Waals surface area (Å²) in [5.41, 5.74) is 7.79. The first kappa shape index (κ1) is 16.6. The average Bonchev–Trinajstić information content (AvgIpc) is 3.02. The lowest BCUT2D eigenvalue weighted by Gasteiger charge is -2.13. The van der Waals surface area contributed by atoms with Crippen LogP contribution in [0.2, 0.25) is 5.02 Å². The van der Waals surface area contributed by atoms with Crippen LogP contribution in [0.4, 0.5) is 5.69 Å². The van der Waals surface area contributed by atoms with Gasteiger partial charge in [-0.3, -0.25) is 0 Å². The molecule has 1 unspecified atom stereocenters. The van der Waals surface area contributed by atoms with Gasteiger partial charge in [-0.05, 0) is 24.5 Å². The zero-order valence-electron chi connectivity index (χ0n) is 12.9. The van der Waals surface area contributed by atoms with Gasteiger partial charge >= 0.3 is 5.97 Å². The van der Waals surface area contributed by atoms with Crippen LogP contribution in [0, 0.1) is 0 Å². The molecule has 0 bridgehead atoms. The quantitative estimate of drug-likeness (QED) is 0.671. The second kappa shape index (κ2) is 7.09. The largest absolute Gasteiger partial charge is 0.456 e. The van der Waals surface area contributed by atoms with Crippen LogP contribution in [0.1, 0.15) is 41.5 Å². The maximum Gasteiger partial charge on any atom is 0.358 e. The molecule has 0 fully saturated rings. The predicted molar refractivity (Wildman–Crippen MR) is 92.0 cm³/mol. The number of hydrogen-bond acceptors (Lipinski definition) is 6. The molecule has 2 radical (unpaired) electrons. The minimum atomic E-state index is -0.639. The van der Waals surface area contributed by atoms with Crippen LogP contribution >= 0.6 is 11.6 Å². The summed E-state index contributed by atoms with van der Waals surface area (Å²) in [6.07, 6.45) is 7.82. The van der Waals surface area contributed by atoms with Gasteiger partial charge in [-0.25, -0.2) is 9.78 Å². The predicted octanol–water partition coefficient (Wildman–Crippen LogP) is 2.69. The van der Waals surface area contributed by atoms with E-state index in [4.69, 9.17) is 34.8 Å². The molecule has 1 aliphatic carbocycles. The molecule has 0 spiro atoms. The summed E-state index contributed by atoms with van der Waals surface area (Å²) in [6, 6.07) is 1.55. The van der Waals surface area contributed by atoms with E-state index in [2.05, 4.69) is 10.1 Å². The molecule has 2 N–H and O–H groups in total. The molecular formula is C16H15BClN3O3. The number of nitrogens with zero attached hydrogens (tertiary/aromatic N) is 2. The summed E-state index contributed by atoms with van der Waals surface area (Å²) in [5, 5.41) is 3.73. The highest BCUT2D eigenvalue weighted by Crippen LogP contribution is 2.31. The summed E-state index contributed by atoms with van der Waals surface area (Å²) in [6.45, 7) is 0.160. The normalized spacial score (nSPS) is 19.5. The van der Waals surface area contributed by atoms with Gasteiger partial charge in [0, 0.05) is 12.0 Å². The number of pyridine rings is 1. The number of allylic oxidation sites excluding steroid dienone is 2. The Labute approximate surface area is 145 Å². The maximum absolute atomic E-state index is 12.3. The monoisotopic (exact) mass is 343 g/mol. The van der Waals surface area contributed by atoms with E-state index in [1.807, 2.05) is 18.2 Å². The topological polar surface area (TPSA) is 86.8 Å². The van der Waals surface area contributed by atoms with Crippen LogP contribution in [-0.2, 0) is 9.57 Å². The van der Waals surface area contributed by atoms with E-state index in [1.165, 1.54) is 0 Å². The lowest BCUT2D eigenvalue weighted by molar-refractivity contribution is 0.0532. The number of rotatable bonds is 4. The Hall–Kier alpha value is -2.28. The number of anilines is 1. The molecule has 2 heterocycles. The molecule has 1 aromatic rings. The minimum Gasteiger partial charge on any atom is -0.456 e. The summed E-state index contributed by atoms with van der Waals surface area (Å²) in [7, 11) is 5.59. The van der Waals surface area contributed by atoms with Crippen LogP contribution in [0.25, 0.3) is 0 Å². The van der Waals surface area contributed by atoms with Crippen molar-refractivity contribution in [1.29, 1.82) is 0 Å². The Morgan fingerprint density at radius 1 is 1.50 bits per heavy atom. The first-order chi connectivity index (χ1) is 11.5. The van der Waals surface area contributed by atoms with Crippen molar-refractivity contribution in [2.75, 3.05) is 12.3 Å². The molecule has 0 saturated carbocycles. The Bertz CT molecular complexity index is 761. The summed E-state index contributed by atoms with van der Waals surface area (Å²) in [4.78, 5) is 21.7. The molecular weight excluding hydrogens is 328 g/mol. The van der Waals surface area contributed by atoms with Gasteiger partial charge < -0.3 is 15.3 Å². The van der Waals surface area contributed by atoms with Crippen molar-refractivity contribution in [2.24, 2.45) is 5.16 Å². The van der Waals surface area contributed by atoms with E-state index in [9.17, 15) is 4.79 Å². The summed E-state index contributed by atoms with van der Waals surface area (Å²) < 4.78 is 5.29. The van der Waals surface area contributed by atoms with Gasteiger partial charge in [0.2, 0.25) is 0 Å². The summed E-state index contributed by atoms with van der Waals surface area (Å²) >= 11 is 6.11. The Morgan fingerprint density at radius 3 is 3.00 bits per heavy atom. The van der Waals surface area contributed by atoms with Crippen molar-refractivity contribution in [1.82, 2.24) is 4.98 Å². The third-order valence-electron chi connectivity index (χ3n) is 3.66. The standard InChI is InChI=1S/C16H15BClN3O3/c17-13-7-12(24-21-13)11-6-10(19)14(18)15(20-11)16(22)23-8-9-4-2-1-3-5-9/h2,4-6,12H,1,3,7-8H2,(H2,19,20). The van der Waals surface area contributed by atoms with Crippen molar-refractivity contribution >= 4 is 36.7 Å². The van der Waals surface area contributed by atoms with Crippen molar-refractivity contribution in [3.63, 3.8) is 0 Å². The molecule has 6 nitrogen and oxygen atoms in total. The highest BCUT2D eigenvalue weighted by Gasteiger charge is 2.26. The molecule has 24 heavy (non-hydrogen) atoms. The van der Waals surface area contributed by atoms with Crippen LogP contribution in [0.3, 0.4) is 0 Å². The molecule has 1 aromatic heterocycles. The van der Waals surface area contributed by atoms with Crippen molar-refractivity contribution in [3.05, 3.63) is 46.3 Å². The minimum absolute atomic E-state index is 0.0406. The number of halogens is 1. The first-order valence-corrected chi connectivity index (χ1v) is 7.89. The maximum atomic E-state index is 12.3. The molecule has 1 aliphatic heterocycles. The van der Waals surface area contributed by atoms with Crippen LogP contribution < -0.4 is 5.73 Å². The van der Waals surface area contributed by atoms with E-state index in [0.29, 0.717) is 17.7 Å². The number of esters is 1.